The molecule has 1 atom stereocenters. The van der Waals surface area contributed by atoms with Gasteiger partial charge in [0.2, 0.25) is 0 Å². The van der Waals surface area contributed by atoms with E-state index in [-0.39, 0.29) is 0 Å². The maximum atomic E-state index is 10.2. The summed E-state index contributed by atoms with van der Waals surface area (Å²) in [4.78, 5) is 2.07. The van der Waals surface area contributed by atoms with Gasteiger partial charge >= 0.3 is 0 Å². The van der Waals surface area contributed by atoms with Gasteiger partial charge in [0.25, 0.3) is 0 Å². The molecule has 2 rings (SSSR count). The van der Waals surface area contributed by atoms with Crippen LogP contribution in [0.3, 0.4) is 0 Å². The van der Waals surface area contributed by atoms with E-state index in [2.05, 4.69) is 11.5 Å². The van der Waals surface area contributed by atoms with E-state index in [1.54, 1.807) is 19.3 Å². The zero-order valence-corrected chi connectivity index (χ0v) is 12.0. The molecule has 108 valence electrons. The maximum Gasteiger partial charge on any atom is 0.118 e. The topological polar surface area (TPSA) is 49.8 Å². The summed E-state index contributed by atoms with van der Waals surface area (Å²) in [6.45, 7) is 9.00. The highest BCUT2D eigenvalue weighted by Gasteiger charge is 2.22. The largest absolute Gasteiger partial charge is 0.468 e. The Hall–Kier alpha value is -1.78. The van der Waals surface area contributed by atoms with Gasteiger partial charge in [-0.2, -0.15) is 0 Å². The molecule has 0 saturated carbocycles. The summed E-state index contributed by atoms with van der Waals surface area (Å²) in [5.41, 5.74) is -0.950. The van der Waals surface area contributed by atoms with Gasteiger partial charge in [-0.15, -0.1) is 6.58 Å². The van der Waals surface area contributed by atoms with Crippen molar-refractivity contribution in [2.24, 2.45) is 0 Å². The molecule has 2 heterocycles. The monoisotopic (exact) mass is 275 g/mol. The van der Waals surface area contributed by atoms with Crippen molar-refractivity contribution in [1.29, 1.82) is 0 Å². The number of furan rings is 2. The lowest BCUT2D eigenvalue weighted by Gasteiger charge is -2.28. The Labute approximate surface area is 119 Å². The summed E-state index contributed by atoms with van der Waals surface area (Å²) in [7, 11) is 0. The molecule has 0 saturated heterocycles. The van der Waals surface area contributed by atoms with Gasteiger partial charge < -0.3 is 13.9 Å². The van der Waals surface area contributed by atoms with E-state index in [0.717, 1.165) is 17.3 Å². The van der Waals surface area contributed by atoms with Gasteiger partial charge in [0, 0.05) is 6.54 Å². The fourth-order valence-corrected chi connectivity index (χ4v) is 2.10. The number of aryl methyl sites for hydroxylation is 1. The van der Waals surface area contributed by atoms with Crippen LogP contribution in [0.25, 0.3) is 0 Å². The predicted octanol–water partition coefficient (Wildman–Crippen LogP) is 3.12. The molecule has 2 aromatic heterocycles. The van der Waals surface area contributed by atoms with Crippen molar-refractivity contribution >= 4 is 0 Å². The number of rotatable bonds is 7. The van der Waals surface area contributed by atoms with Crippen molar-refractivity contribution in [3.63, 3.8) is 0 Å². The normalized spacial score (nSPS) is 14.4. The summed E-state index contributed by atoms with van der Waals surface area (Å²) in [6.07, 6.45) is 3.20. The summed E-state index contributed by atoms with van der Waals surface area (Å²) >= 11 is 0. The summed E-state index contributed by atoms with van der Waals surface area (Å²) in [6, 6.07) is 7.67. The zero-order chi connectivity index (χ0) is 14.6. The first-order valence-electron chi connectivity index (χ1n) is 6.64. The van der Waals surface area contributed by atoms with Crippen molar-refractivity contribution in [2.45, 2.75) is 32.5 Å². The molecule has 0 amide bonds. The fraction of sp³-hybridized carbons (Fsp3) is 0.375. The molecule has 0 bridgehead atoms. The molecule has 0 spiro atoms. The lowest BCUT2D eigenvalue weighted by atomic mass is 10.1. The first kappa shape index (κ1) is 14.6. The van der Waals surface area contributed by atoms with Crippen molar-refractivity contribution in [3.05, 3.63) is 60.5 Å². The Bertz CT molecular complexity index is 540. The third-order valence-electron chi connectivity index (χ3n) is 3.12. The molecule has 2 aromatic rings. The minimum Gasteiger partial charge on any atom is -0.468 e. The molecule has 20 heavy (non-hydrogen) atoms. The highest BCUT2D eigenvalue weighted by molar-refractivity contribution is 5.07. The quantitative estimate of drug-likeness (QED) is 0.789. The van der Waals surface area contributed by atoms with Crippen LogP contribution in [0.4, 0.5) is 0 Å². The highest BCUT2D eigenvalue weighted by Crippen LogP contribution is 2.16. The number of hydrogen-bond donors (Lipinski definition) is 1. The van der Waals surface area contributed by atoms with Crippen LogP contribution in [-0.4, -0.2) is 22.2 Å². The number of nitrogens with zero attached hydrogens (tertiary/aromatic N) is 1. The SMILES string of the molecule is C=CC(C)(O)CN(Cc1ccco1)Cc1ccc(C)o1. The Morgan fingerprint density at radius 2 is 2.05 bits per heavy atom. The second-order valence-electron chi connectivity index (χ2n) is 5.30. The van der Waals surface area contributed by atoms with Gasteiger partial charge in [0.1, 0.15) is 17.3 Å². The molecule has 0 radical (unpaired) electrons. The second kappa shape index (κ2) is 6.11. The van der Waals surface area contributed by atoms with Crippen LogP contribution in [-0.2, 0) is 13.1 Å². The van der Waals surface area contributed by atoms with Gasteiger partial charge in [0.05, 0.1) is 25.0 Å². The van der Waals surface area contributed by atoms with E-state index >= 15 is 0 Å². The van der Waals surface area contributed by atoms with Crippen LogP contribution in [0.2, 0.25) is 0 Å². The predicted molar refractivity (Wildman–Crippen MR) is 77.1 cm³/mol. The fourth-order valence-electron chi connectivity index (χ4n) is 2.10. The molecule has 1 N–H and O–H groups in total. The second-order valence-corrected chi connectivity index (χ2v) is 5.30. The first-order valence-corrected chi connectivity index (χ1v) is 6.64. The van der Waals surface area contributed by atoms with Crippen LogP contribution < -0.4 is 0 Å². The molecule has 4 nitrogen and oxygen atoms in total. The van der Waals surface area contributed by atoms with Gasteiger partial charge in [0.15, 0.2) is 0 Å². The Morgan fingerprint density at radius 1 is 1.30 bits per heavy atom. The van der Waals surface area contributed by atoms with Crippen LogP contribution in [0.15, 0.2) is 52.0 Å². The van der Waals surface area contributed by atoms with Gasteiger partial charge in [-0.3, -0.25) is 4.90 Å². The van der Waals surface area contributed by atoms with Gasteiger partial charge in [-0.1, -0.05) is 6.08 Å². The Balaban J connectivity index is 2.08. The van der Waals surface area contributed by atoms with Crippen LogP contribution in [0, 0.1) is 6.92 Å². The smallest absolute Gasteiger partial charge is 0.118 e. The number of hydrogen-bond acceptors (Lipinski definition) is 4. The highest BCUT2D eigenvalue weighted by atomic mass is 16.3. The van der Waals surface area contributed by atoms with E-state index in [9.17, 15) is 5.11 Å². The average Bonchev–Trinajstić information content (AvgIpc) is 3.01. The average molecular weight is 275 g/mol. The third-order valence-corrected chi connectivity index (χ3v) is 3.12. The van der Waals surface area contributed by atoms with E-state index in [1.807, 2.05) is 31.2 Å². The lowest BCUT2D eigenvalue weighted by molar-refractivity contribution is 0.0501. The van der Waals surface area contributed by atoms with Crippen molar-refractivity contribution in [2.75, 3.05) is 6.54 Å². The molecular weight excluding hydrogens is 254 g/mol. The van der Waals surface area contributed by atoms with E-state index < -0.39 is 5.60 Å². The summed E-state index contributed by atoms with van der Waals surface area (Å²) < 4.78 is 11.0. The molecule has 0 fully saturated rings. The molecular formula is C16H21NO3. The number of aliphatic hydroxyl groups is 1. The van der Waals surface area contributed by atoms with E-state index in [0.29, 0.717) is 19.6 Å². The minimum absolute atomic E-state index is 0.455. The Morgan fingerprint density at radius 3 is 2.60 bits per heavy atom. The van der Waals surface area contributed by atoms with Crippen LogP contribution >= 0.6 is 0 Å². The Kier molecular flexibility index (Phi) is 4.47. The lowest BCUT2D eigenvalue weighted by Crippen LogP contribution is -2.38. The van der Waals surface area contributed by atoms with Crippen LogP contribution in [0.5, 0.6) is 0 Å². The summed E-state index contributed by atoms with van der Waals surface area (Å²) in [5.74, 6) is 2.61. The van der Waals surface area contributed by atoms with Gasteiger partial charge in [-0.25, -0.2) is 0 Å². The molecule has 0 aliphatic carbocycles. The van der Waals surface area contributed by atoms with Crippen molar-refractivity contribution in [1.82, 2.24) is 4.90 Å². The molecule has 0 aliphatic rings. The maximum absolute atomic E-state index is 10.2. The molecule has 0 aliphatic heterocycles. The third kappa shape index (κ3) is 4.11. The molecule has 0 aromatic carbocycles. The van der Waals surface area contributed by atoms with Crippen molar-refractivity contribution in [3.8, 4) is 0 Å². The van der Waals surface area contributed by atoms with E-state index in [4.69, 9.17) is 8.83 Å². The van der Waals surface area contributed by atoms with Crippen LogP contribution in [0.1, 0.15) is 24.2 Å². The molecule has 4 heteroatoms. The summed E-state index contributed by atoms with van der Waals surface area (Å²) in [5, 5.41) is 10.2. The van der Waals surface area contributed by atoms with E-state index in [1.165, 1.54) is 0 Å². The minimum atomic E-state index is -0.950. The molecule has 1 unspecified atom stereocenters. The standard InChI is InChI=1S/C16H21NO3/c1-4-16(3,18)12-17(10-14-6-5-9-19-14)11-15-8-7-13(2)20-15/h4-9,18H,1,10-12H2,2-3H3. The zero-order valence-electron chi connectivity index (χ0n) is 12.0. The first-order chi connectivity index (χ1) is 9.48. The van der Waals surface area contributed by atoms with Gasteiger partial charge in [-0.05, 0) is 38.1 Å². The van der Waals surface area contributed by atoms with Crippen molar-refractivity contribution < 1.29 is 13.9 Å².